The zero-order valence-electron chi connectivity index (χ0n) is 39.0. The molecule has 68 heavy (non-hydrogen) atoms. The van der Waals surface area contributed by atoms with Gasteiger partial charge in [0.05, 0.1) is 12.5 Å². The molecule has 8 amide bonds. The van der Waals surface area contributed by atoms with Crippen molar-refractivity contribution in [1.82, 2.24) is 36.8 Å². The van der Waals surface area contributed by atoms with Crippen LogP contribution >= 0.6 is 0 Å². The molecule has 1 saturated heterocycles. The summed E-state index contributed by atoms with van der Waals surface area (Å²) in [4.78, 5) is 133. The summed E-state index contributed by atoms with van der Waals surface area (Å²) in [6.07, 6.45) is 0.568. The summed E-state index contributed by atoms with van der Waals surface area (Å²) in [6.45, 7) is 5.58. The van der Waals surface area contributed by atoms with Gasteiger partial charge in [0.2, 0.25) is 47.3 Å². The lowest BCUT2D eigenvalue weighted by molar-refractivity contribution is -0.146. The Balaban J connectivity index is 2.41. The molecule has 0 spiro atoms. The lowest BCUT2D eigenvalue weighted by Crippen LogP contribution is -2.60. The summed E-state index contributed by atoms with van der Waals surface area (Å²) < 4.78 is 0. The first-order chi connectivity index (χ1) is 32.1. The van der Waals surface area contributed by atoms with Crippen LogP contribution in [-0.4, -0.2) is 147 Å². The van der Waals surface area contributed by atoms with E-state index in [4.69, 9.17) is 22.9 Å². The Morgan fingerprint density at radius 3 is 1.68 bits per heavy atom. The minimum absolute atomic E-state index is 0.0475. The Hall–Kier alpha value is -6.40. The first-order valence-corrected chi connectivity index (χ1v) is 22.9. The number of hydrogen-bond acceptors (Lipinski definition) is 14. The summed E-state index contributed by atoms with van der Waals surface area (Å²) in [5.41, 5.74) is 22.9. The Bertz CT molecular complexity index is 1900. The molecule has 24 nitrogen and oxygen atoms in total. The molecular weight excluding hydrogens is 891 g/mol. The maximum absolute atomic E-state index is 14.2. The molecule has 0 radical (unpaired) electrons. The fourth-order valence-electron chi connectivity index (χ4n) is 7.39. The number of nitrogens with two attached hydrogens (primary N) is 4. The van der Waals surface area contributed by atoms with Crippen molar-refractivity contribution in [1.29, 1.82) is 0 Å². The fraction of sp³-hybridized carbons (Fsp3) is 0.636. The van der Waals surface area contributed by atoms with E-state index in [1.165, 1.54) is 31.2 Å². The highest BCUT2D eigenvalue weighted by Crippen LogP contribution is 2.21. The minimum Gasteiger partial charge on any atom is -0.508 e. The van der Waals surface area contributed by atoms with Gasteiger partial charge in [0, 0.05) is 19.4 Å². The van der Waals surface area contributed by atoms with Gasteiger partial charge in [-0.25, -0.2) is 0 Å². The van der Waals surface area contributed by atoms with Crippen LogP contribution in [0.3, 0.4) is 0 Å². The number of phenolic OH excluding ortho intramolecular Hbond substituents is 1. The smallest absolute Gasteiger partial charge is 0.305 e. The Kier molecular flexibility index (Phi) is 24.9. The molecule has 380 valence electrons. The van der Waals surface area contributed by atoms with E-state index in [-0.39, 0.29) is 63.3 Å². The van der Waals surface area contributed by atoms with Crippen LogP contribution in [0.2, 0.25) is 0 Å². The molecule has 1 heterocycles. The molecule has 8 atom stereocenters. The van der Waals surface area contributed by atoms with E-state index in [2.05, 4.69) is 31.9 Å². The van der Waals surface area contributed by atoms with E-state index in [0.717, 1.165) is 4.90 Å². The Morgan fingerprint density at radius 1 is 0.647 bits per heavy atom. The highest BCUT2D eigenvalue weighted by atomic mass is 16.4. The molecule has 24 heteroatoms. The monoisotopic (exact) mass is 962 g/mol. The van der Waals surface area contributed by atoms with Crippen molar-refractivity contribution in [2.75, 3.05) is 19.6 Å². The lowest BCUT2D eigenvalue weighted by atomic mass is 10.0. The number of unbranched alkanes of at least 4 members (excludes halogenated alkanes) is 2. The van der Waals surface area contributed by atoms with E-state index in [1.54, 1.807) is 0 Å². The highest BCUT2D eigenvalue weighted by molar-refractivity contribution is 5.99. The maximum Gasteiger partial charge on any atom is 0.305 e. The van der Waals surface area contributed by atoms with Gasteiger partial charge >= 0.3 is 11.9 Å². The number of likely N-dealkylation sites (tertiary alicyclic amines) is 1. The number of hydrogen-bond donors (Lipinski definition) is 13. The molecule has 1 aliphatic heterocycles. The van der Waals surface area contributed by atoms with Crippen LogP contribution in [0.4, 0.5) is 0 Å². The maximum atomic E-state index is 14.2. The standard InChI is InChI=1S/C44H71N11O13/c1-24(2)21-31(41(65)49-28(37(48)61)9-4-6-18-45)52-39(63)29(10-5-7-19-46)51-43(67)34-11-8-20-55(34)44(68)33(23-36(59)60)54-42(66)32(22-26-12-14-27(56)15-13-26)53-40(64)30(16-17-35(57)58)50-38(62)25(3)47/h12-15,24-25,28-34,56H,4-11,16-23,45-47H2,1-3H3,(H2,48,61)(H,49,65)(H,50,62)(H,51,67)(H,52,63)(H,53,64)(H,54,66)(H,57,58)(H,59,60)/t25-,28-,29+,30-,31-,32+,33+,34-/m0/s1. The Labute approximate surface area is 395 Å². The molecule has 1 aromatic carbocycles. The summed E-state index contributed by atoms with van der Waals surface area (Å²) in [5.74, 6) is -9.77. The fourth-order valence-corrected chi connectivity index (χ4v) is 7.39. The number of phenols is 1. The van der Waals surface area contributed by atoms with E-state index < -0.39 is 127 Å². The normalized spacial score (nSPS) is 16.5. The number of carboxylic acids is 2. The number of carboxylic acid groups (broad SMARTS) is 2. The number of benzene rings is 1. The predicted molar refractivity (Wildman–Crippen MR) is 245 cm³/mol. The number of amides is 8. The van der Waals surface area contributed by atoms with Gasteiger partial charge in [-0.15, -0.1) is 0 Å². The average Bonchev–Trinajstić information content (AvgIpc) is 3.76. The second kappa shape index (κ2) is 29.4. The summed E-state index contributed by atoms with van der Waals surface area (Å²) >= 11 is 0. The summed E-state index contributed by atoms with van der Waals surface area (Å²) in [7, 11) is 0. The zero-order valence-corrected chi connectivity index (χ0v) is 39.0. The summed E-state index contributed by atoms with van der Waals surface area (Å²) in [5, 5.41) is 44.2. The van der Waals surface area contributed by atoms with Crippen molar-refractivity contribution in [3.63, 3.8) is 0 Å². The van der Waals surface area contributed by atoms with Gasteiger partial charge in [-0.1, -0.05) is 26.0 Å². The molecule has 2 rings (SSSR count). The quantitative estimate of drug-likeness (QED) is 0.0337. The number of aromatic hydroxyl groups is 1. The van der Waals surface area contributed by atoms with Gasteiger partial charge in [0.25, 0.3) is 0 Å². The van der Waals surface area contributed by atoms with Crippen LogP contribution in [0, 0.1) is 5.92 Å². The van der Waals surface area contributed by atoms with Gasteiger partial charge in [0.15, 0.2) is 0 Å². The van der Waals surface area contributed by atoms with Gasteiger partial charge in [-0.05, 0) is 108 Å². The zero-order chi connectivity index (χ0) is 51.1. The predicted octanol–water partition coefficient (Wildman–Crippen LogP) is -2.69. The van der Waals surface area contributed by atoms with E-state index >= 15 is 0 Å². The average molecular weight is 962 g/mol. The SMILES string of the molecule is CC(C)C[C@H](NC(=O)[C@@H](CCCCN)NC(=O)[C@@H]1CCCN1C(=O)[C@@H](CC(=O)O)NC(=O)[C@@H](Cc1ccc(O)cc1)NC(=O)[C@H](CCC(=O)O)NC(=O)[C@H](C)N)C(=O)N[C@@H](CCCCN)C(N)=O. The molecular formula is C44H71N11O13. The van der Waals surface area contributed by atoms with Crippen molar-refractivity contribution >= 4 is 59.2 Å². The number of rotatable bonds is 31. The first-order valence-electron chi connectivity index (χ1n) is 22.9. The molecule has 0 saturated carbocycles. The number of primary amides is 1. The third-order valence-corrected chi connectivity index (χ3v) is 11.1. The third-order valence-electron chi connectivity index (χ3n) is 11.1. The topological polar surface area (TPSA) is 411 Å². The van der Waals surface area contributed by atoms with Gasteiger partial charge in [-0.3, -0.25) is 47.9 Å². The number of carbonyl (C=O) groups excluding carboxylic acids is 8. The molecule has 1 aliphatic rings. The van der Waals surface area contributed by atoms with Crippen molar-refractivity contribution in [3.8, 4) is 5.75 Å². The van der Waals surface area contributed by atoms with E-state index in [0.29, 0.717) is 37.8 Å². The van der Waals surface area contributed by atoms with Gasteiger partial charge < -0.3 is 75.1 Å². The van der Waals surface area contributed by atoms with Crippen LogP contribution in [0.25, 0.3) is 0 Å². The second-order valence-corrected chi connectivity index (χ2v) is 17.3. The number of aliphatic carboxylic acids is 2. The van der Waals surface area contributed by atoms with E-state index in [9.17, 15) is 63.3 Å². The minimum atomic E-state index is -1.80. The molecule has 0 aromatic heterocycles. The van der Waals surface area contributed by atoms with Crippen LogP contribution in [-0.2, 0) is 54.4 Å². The van der Waals surface area contributed by atoms with Crippen LogP contribution in [0.15, 0.2) is 24.3 Å². The second-order valence-electron chi connectivity index (χ2n) is 17.3. The molecule has 1 fully saturated rings. The van der Waals surface area contributed by atoms with Crippen molar-refractivity contribution in [2.45, 2.75) is 153 Å². The van der Waals surface area contributed by atoms with Gasteiger partial charge in [-0.2, -0.15) is 0 Å². The third kappa shape index (κ3) is 20.2. The molecule has 0 bridgehead atoms. The lowest BCUT2D eigenvalue weighted by Gasteiger charge is -2.31. The molecule has 0 aliphatic carbocycles. The molecule has 0 unspecified atom stereocenters. The number of nitrogens with zero attached hydrogens (tertiary/aromatic N) is 1. The first kappa shape index (κ1) is 57.7. The Morgan fingerprint density at radius 2 is 1.15 bits per heavy atom. The van der Waals surface area contributed by atoms with Crippen LogP contribution in [0.5, 0.6) is 5.75 Å². The highest BCUT2D eigenvalue weighted by Gasteiger charge is 2.41. The van der Waals surface area contributed by atoms with Crippen molar-refractivity contribution in [3.05, 3.63) is 29.8 Å². The largest absolute Gasteiger partial charge is 0.508 e. The van der Waals surface area contributed by atoms with Crippen molar-refractivity contribution in [2.24, 2.45) is 28.9 Å². The van der Waals surface area contributed by atoms with E-state index in [1.807, 2.05) is 13.8 Å². The van der Waals surface area contributed by atoms with Gasteiger partial charge in [0.1, 0.15) is 48.0 Å². The number of nitrogens with one attached hydrogen (secondary N) is 6. The summed E-state index contributed by atoms with van der Waals surface area (Å²) in [6, 6.07) is -5.09. The molecule has 17 N–H and O–H groups in total. The van der Waals surface area contributed by atoms with Crippen LogP contribution in [0.1, 0.15) is 103 Å². The molecule has 1 aromatic rings. The van der Waals surface area contributed by atoms with Crippen LogP contribution < -0.4 is 54.8 Å². The number of carbonyl (C=O) groups is 10. The van der Waals surface area contributed by atoms with Crippen molar-refractivity contribution < 1.29 is 63.3 Å².